The molecule has 1 N–H and O–H groups in total. The van der Waals surface area contributed by atoms with Gasteiger partial charge in [-0.25, -0.2) is 13.4 Å². The highest BCUT2D eigenvalue weighted by atomic mass is 35.5. The lowest BCUT2D eigenvalue weighted by molar-refractivity contribution is 0.414. The Bertz CT molecular complexity index is 1020. The molecule has 0 aliphatic rings. The zero-order valence-corrected chi connectivity index (χ0v) is 16.1. The topological polar surface area (TPSA) is 68.3 Å². The summed E-state index contributed by atoms with van der Waals surface area (Å²) >= 11 is 7.61. The van der Waals surface area contributed by atoms with Crippen molar-refractivity contribution in [3.8, 4) is 5.75 Å². The average Bonchev–Trinajstić information content (AvgIpc) is 2.96. The van der Waals surface area contributed by atoms with Gasteiger partial charge in [0.15, 0.2) is 0 Å². The quantitative estimate of drug-likeness (QED) is 0.655. The Balaban J connectivity index is 1.89. The van der Waals surface area contributed by atoms with Gasteiger partial charge in [0, 0.05) is 0 Å². The van der Waals surface area contributed by atoms with Crippen LogP contribution in [0.2, 0.25) is 5.02 Å². The molecular formula is C17H17ClN2O3S2. The monoisotopic (exact) mass is 396 g/mol. The van der Waals surface area contributed by atoms with E-state index in [-0.39, 0.29) is 9.92 Å². The third-order valence-electron chi connectivity index (χ3n) is 3.58. The summed E-state index contributed by atoms with van der Waals surface area (Å²) in [4.78, 5) is 4.62. The molecule has 25 heavy (non-hydrogen) atoms. The van der Waals surface area contributed by atoms with Crippen molar-refractivity contribution in [2.45, 2.75) is 24.7 Å². The van der Waals surface area contributed by atoms with Gasteiger partial charge in [-0.2, -0.15) is 0 Å². The van der Waals surface area contributed by atoms with E-state index in [2.05, 4.69) is 16.6 Å². The first-order chi connectivity index (χ1) is 11.9. The molecule has 3 rings (SSSR count). The average molecular weight is 397 g/mol. The SMILES string of the molecule is CCCc1nc2ccc(NS(=O)(=O)c3ccc(OC)c(Cl)c3)cc2s1. The van der Waals surface area contributed by atoms with Crippen molar-refractivity contribution in [2.24, 2.45) is 0 Å². The lowest BCUT2D eigenvalue weighted by Gasteiger charge is -2.10. The van der Waals surface area contributed by atoms with Gasteiger partial charge in [-0.05, 0) is 49.2 Å². The summed E-state index contributed by atoms with van der Waals surface area (Å²) in [7, 11) is -2.26. The van der Waals surface area contributed by atoms with E-state index in [0.29, 0.717) is 11.4 Å². The van der Waals surface area contributed by atoms with Crippen LogP contribution in [0.5, 0.6) is 5.75 Å². The first-order valence-corrected chi connectivity index (χ1v) is 10.4. The number of anilines is 1. The van der Waals surface area contributed by atoms with Crippen LogP contribution < -0.4 is 9.46 Å². The minimum absolute atomic E-state index is 0.0781. The number of hydrogen-bond acceptors (Lipinski definition) is 5. The molecule has 0 unspecified atom stereocenters. The molecule has 1 heterocycles. The van der Waals surface area contributed by atoms with E-state index in [1.807, 2.05) is 6.07 Å². The Morgan fingerprint density at radius 1 is 1.24 bits per heavy atom. The smallest absolute Gasteiger partial charge is 0.261 e. The van der Waals surface area contributed by atoms with Crippen LogP contribution in [0.3, 0.4) is 0 Å². The van der Waals surface area contributed by atoms with E-state index in [1.165, 1.54) is 25.3 Å². The number of fused-ring (bicyclic) bond motifs is 1. The van der Waals surface area contributed by atoms with Gasteiger partial charge < -0.3 is 4.74 Å². The number of nitrogens with one attached hydrogen (secondary N) is 1. The molecular weight excluding hydrogens is 380 g/mol. The number of aromatic nitrogens is 1. The first kappa shape index (κ1) is 18.0. The van der Waals surface area contributed by atoms with E-state index < -0.39 is 10.0 Å². The van der Waals surface area contributed by atoms with Crippen molar-refractivity contribution in [3.63, 3.8) is 0 Å². The molecule has 5 nitrogen and oxygen atoms in total. The number of hydrogen-bond donors (Lipinski definition) is 1. The molecule has 0 amide bonds. The second-order valence-electron chi connectivity index (χ2n) is 5.44. The number of thiazole rings is 1. The Morgan fingerprint density at radius 2 is 2.04 bits per heavy atom. The maximum absolute atomic E-state index is 12.6. The van der Waals surface area contributed by atoms with E-state index in [1.54, 1.807) is 23.5 Å². The second kappa shape index (κ2) is 7.19. The summed E-state index contributed by atoms with van der Waals surface area (Å²) < 4.78 is 33.7. The zero-order valence-electron chi connectivity index (χ0n) is 13.7. The molecule has 3 aromatic rings. The highest BCUT2D eigenvalue weighted by Gasteiger charge is 2.17. The van der Waals surface area contributed by atoms with Crippen LogP contribution in [0.15, 0.2) is 41.3 Å². The molecule has 132 valence electrons. The third-order valence-corrected chi connectivity index (χ3v) is 6.33. The van der Waals surface area contributed by atoms with Crippen molar-refractivity contribution in [1.29, 1.82) is 0 Å². The number of nitrogens with zero attached hydrogens (tertiary/aromatic N) is 1. The molecule has 0 atom stereocenters. The number of benzene rings is 2. The van der Waals surface area contributed by atoms with Crippen LogP contribution >= 0.6 is 22.9 Å². The molecule has 0 saturated carbocycles. The summed E-state index contributed by atoms with van der Waals surface area (Å²) in [6, 6.07) is 9.68. The van der Waals surface area contributed by atoms with Gasteiger partial charge in [0.1, 0.15) is 5.75 Å². The first-order valence-electron chi connectivity index (χ1n) is 7.69. The van der Waals surface area contributed by atoms with Crippen LogP contribution in [-0.2, 0) is 16.4 Å². The summed E-state index contributed by atoms with van der Waals surface area (Å²) in [6.45, 7) is 2.10. The van der Waals surface area contributed by atoms with Crippen LogP contribution in [0.25, 0.3) is 10.2 Å². The normalized spacial score (nSPS) is 11.6. The highest BCUT2D eigenvalue weighted by molar-refractivity contribution is 7.92. The minimum atomic E-state index is -3.74. The van der Waals surface area contributed by atoms with E-state index in [4.69, 9.17) is 16.3 Å². The van der Waals surface area contributed by atoms with Gasteiger partial charge >= 0.3 is 0 Å². The zero-order chi connectivity index (χ0) is 18.0. The number of halogens is 1. The standard InChI is InChI=1S/C17H17ClN2O3S2/c1-3-4-17-19-14-7-5-11(9-16(14)24-17)20-25(21,22)12-6-8-15(23-2)13(18)10-12/h5-10,20H,3-4H2,1-2H3. The number of aryl methyl sites for hydroxylation is 1. The summed E-state index contributed by atoms with van der Waals surface area (Å²) in [5, 5.41) is 1.30. The Hall–Kier alpha value is -1.83. The largest absolute Gasteiger partial charge is 0.495 e. The summed E-state index contributed by atoms with van der Waals surface area (Å²) in [5.41, 5.74) is 1.37. The fourth-order valence-corrected chi connectivity index (χ4v) is 4.89. The van der Waals surface area contributed by atoms with E-state index in [9.17, 15) is 8.42 Å². The lowest BCUT2D eigenvalue weighted by Crippen LogP contribution is -2.12. The number of methoxy groups -OCH3 is 1. The third kappa shape index (κ3) is 3.89. The molecule has 2 aromatic carbocycles. The van der Waals surface area contributed by atoms with E-state index >= 15 is 0 Å². The fourth-order valence-electron chi connectivity index (χ4n) is 2.38. The molecule has 0 saturated heterocycles. The predicted molar refractivity (Wildman–Crippen MR) is 102 cm³/mol. The van der Waals surface area contributed by atoms with Crippen molar-refractivity contribution < 1.29 is 13.2 Å². The number of ether oxygens (including phenoxy) is 1. The van der Waals surface area contributed by atoms with Crippen molar-refractivity contribution >= 4 is 48.9 Å². The van der Waals surface area contributed by atoms with Crippen LogP contribution in [0, 0.1) is 0 Å². The summed E-state index contributed by atoms with van der Waals surface area (Å²) in [5.74, 6) is 0.426. The van der Waals surface area contributed by atoms with Gasteiger partial charge in [0.05, 0.1) is 37.9 Å². The van der Waals surface area contributed by atoms with Crippen molar-refractivity contribution in [2.75, 3.05) is 11.8 Å². The number of rotatable bonds is 6. The molecule has 0 radical (unpaired) electrons. The van der Waals surface area contributed by atoms with Gasteiger partial charge in [-0.3, -0.25) is 4.72 Å². The lowest BCUT2D eigenvalue weighted by atomic mass is 10.3. The Labute approximate surface area is 155 Å². The van der Waals surface area contributed by atoms with Crippen LogP contribution in [-0.4, -0.2) is 20.5 Å². The van der Waals surface area contributed by atoms with Crippen LogP contribution in [0.1, 0.15) is 18.4 Å². The fraction of sp³-hybridized carbons (Fsp3) is 0.235. The van der Waals surface area contributed by atoms with E-state index in [0.717, 1.165) is 28.1 Å². The maximum Gasteiger partial charge on any atom is 0.261 e. The van der Waals surface area contributed by atoms with Gasteiger partial charge in [0.2, 0.25) is 0 Å². The highest BCUT2D eigenvalue weighted by Crippen LogP contribution is 2.30. The Morgan fingerprint density at radius 3 is 2.72 bits per heavy atom. The summed E-state index contributed by atoms with van der Waals surface area (Å²) in [6.07, 6.45) is 1.95. The molecule has 0 aliphatic carbocycles. The van der Waals surface area contributed by atoms with Crippen molar-refractivity contribution in [3.05, 3.63) is 46.4 Å². The second-order valence-corrected chi connectivity index (χ2v) is 8.65. The van der Waals surface area contributed by atoms with Gasteiger partial charge in [0.25, 0.3) is 10.0 Å². The molecule has 1 aromatic heterocycles. The van der Waals surface area contributed by atoms with Gasteiger partial charge in [-0.1, -0.05) is 18.5 Å². The Kier molecular flexibility index (Phi) is 5.17. The molecule has 0 bridgehead atoms. The minimum Gasteiger partial charge on any atom is -0.495 e. The maximum atomic E-state index is 12.6. The van der Waals surface area contributed by atoms with Crippen LogP contribution in [0.4, 0.5) is 5.69 Å². The number of sulfonamides is 1. The molecule has 8 heteroatoms. The van der Waals surface area contributed by atoms with Gasteiger partial charge in [-0.15, -0.1) is 11.3 Å². The molecule has 0 spiro atoms. The predicted octanol–water partition coefficient (Wildman–Crippen LogP) is 4.71. The van der Waals surface area contributed by atoms with Crippen molar-refractivity contribution in [1.82, 2.24) is 4.98 Å². The molecule has 0 aliphatic heterocycles. The molecule has 0 fully saturated rings.